The summed E-state index contributed by atoms with van der Waals surface area (Å²) >= 11 is 0. The van der Waals surface area contributed by atoms with Crippen LogP contribution in [-0.4, -0.2) is 16.7 Å². The van der Waals surface area contributed by atoms with Crippen molar-refractivity contribution in [3.8, 4) is 6.19 Å². The van der Waals surface area contributed by atoms with Crippen LogP contribution in [-0.2, 0) is 9.59 Å². The highest BCUT2D eigenvalue weighted by atomic mass is 16.2. The Morgan fingerprint density at radius 3 is 2.08 bits per heavy atom. The highest BCUT2D eigenvalue weighted by molar-refractivity contribution is 6.06. The monoisotopic (exact) mass is 176 g/mol. The maximum atomic E-state index is 11.4. The predicted octanol–water partition coefficient (Wildman–Crippen LogP) is 0.419. The van der Waals surface area contributed by atoms with E-state index in [1.165, 1.54) is 0 Å². The fourth-order valence-corrected chi connectivity index (χ4v) is 1.90. The van der Waals surface area contributed by atoms with Gasteiger partial charge >= 0.3 is 0 Å². The van der Waals surface area contributed by atoms with E-state index in [0.717, 1.165) is 0 Å². The number of carbonyl (C=O) groups is 2. The van der Waals surface area contributed by atoms with Gasteiger partial charge in [0.2, 0.25) is 11.8 Å². The van der Waals surface area contributed by atoms with Gasteiger partial charge in [0.05, 0.1) is 11.8 Å². The standard InChI is InChI=1S/C9H8N2O2/c10-5-11-8(12)6-3-1-2-4-7(6)9(11)13/h1-2,6-7H,3-4H2/t6-,7+. The number of carbonyl (C=O) groups excluding carboxylic acids is 2. The average molecular weight is 176 g/mol. The summed E-state index contributed by atoms with van der Waals surface area (Å²) in [6, 6.07) is 0. The van der Waals surface area contributed by atoms with Gasteiger partial charge in [0, 0.05) is 0 Å². The van der Waals surface area contributed by atoms with Crippen LogP contribution in [0.15, 0.2) is 12.2 Å². The zero-order chi connectivity index (χ0) is 9.42. The zero-order valence-corrected chi connectivity index (χ0v) is 6.93. The van der Waals surface area contributed by atoms with Gasteiger partial charge in [-0.3, -0.25) is 9.59 Å². The Labute approximate surface area is 75.4 Å². The van der Waals surface area contributed by atoms with Crippen LogP contribution in [0.5, 0.6) is 0 Å². The topological polar surface area (TPSA) is 61.2 Å². The minimum atomic E-state index is -0.332. The van der Waals surface area contributed by atoms with Gasteiger partial charge in [-0.15, -0.1) is 0 Å². The molecule has 13 heavy (non-hydrogen) atoms. The summed E-state index contributed by atoms with van der Waals surface area (Å²) in [5, 5.41) is 8.57. The number of likely N-dealkylation sites (tertiary alicyclic amines) is 1. The molecule has 66 valence electrons. The smallest absolute Gasteiger partial charge is 0.246 e. The molecule has 2 amide bonds. The molecule has 0 spiro atoms. The normalized spacial score (nSPS) is 31.8. The Morgan fingerprint density at radius 1 is 1.23 bits per heavy atom. The highest BCUT2D eigenvalue weighted by Gasteiger charge is 2.47. The SMILES string of the molecule is N#CN1C(=O)[C@H]2CC=CC[C@H]2C1=O. The lowest BCUT2D eigenvalue weighted by Gasteiger charge is -2.14. The summed E-state index contributed by atoms with van der Waals surface area (Å²) in [5.74, 6) is -1.22. The third-order valence-electron chi connectivity index (χ3n) is 2.61. The van der Waals surface area contributed by atoms with Crippen LogP contribution in [0, 0.1) is 23.3 Å². The molecule has 2 atom stereocenters. The highest BCUT2D eigenvalue weighted by Crippen LogP contribution is 2.34. The number of hydrogen-bond donors (Lipinski definition) is 0. The molecule has 0 N–H and O–H groups in total. The van der Waals surface area contributed by atoms with Crippen molar-refractivity contribution in [3.63, 3.8) is 0 Å². The maximum absolute atomic E-state index is 11.4. The molecular weight excluding hydrogens is 168 g/mol. The Balaban J connectivity index is 2.34. The maximum Gasteiger partial charge on any atom is 0.246 e. The first kappa shape index (κ1) is 7.99. The third kappa shape index (κ3) is 0.970. The van der Waals surface area contributed by atoms with Gasteiger partial charge in [0.25, 0.3) is 0 Å². The number of rotatable bonds is 0. The molecule has 1 aliphatic heterocycles. The number of imide groups is 1. The number of fused-ring (bicyclic) bond motifs is 1. The van der Waals surface area contributed by atoms with Gasteiger partial charge in [-0.1, -0.05) is 12.2 Å². The van der Waals surface area contributed by atoms with Crippen molar-refractivity contribution in [1.29, 1.82) is 5.26 Å². The summed E-state index contributed by atoms with van der Waals surface area (Å²) in [6.45, 7) is 0. The number of nitriles is 1. The quantitative estimate of drug-likeness (QED) is 0.305. The Bertz CT molecular complexity index is 314. The van der Waals surface area contributed by atoms with Gasteiger partial charge in [-0.2, -0.15) is 10.2 Å². The molecule has 1 fully saturated rings. The van der Waals surface area contributed by atoms with Crippen molar-refractivity contribution < 1.29 is 9.59 Å². The molecular formula is C9H8N2O2. The molecule has 0 unspecified atom stereocenters. The fourth-order valence-electron chi connectivity index (χ4n) is 1.90. The van der Waals surface area contributed by atoms with Crippen molar-refractivity contribution >= 4 is 11.8 Å². The largest absolute Gasteiger partial charge is 0.273 e. The number of allylic oxidation sites excluding steroid dienone is 2. The van der Waals surface area contributed by atoms with Gasteiger partial charge in [-0.25, -0.2) is 0 Å². The molecule has 1 saturated heterocycles. The van der Waals surface area contributed by atoms with E-state index in [0.29, 0.717) is 17.7 Å². The summed E-state index contributed by atoms with van der Waals surface area (Å²) in [7, 11) is 0. The van der Waals surface area contributed by atoms with E-state index in [1.54, 1.807) is 6.19 Å². The van der Waals surface area contributed by atoms with Gasteiger partial charge in [0.15, 0.2) is 6.19 Å². The van der Waals surface area contributed by atoms with Crippen molar-refractivity contribution in [1.82, 2.24) is 4.90 Å². The van der Waals surface area contributed by atoms with Crippen LogP contribution in [0.1, 0.15) is 12.8 Å². The van der Waals surface area contributed by atoms with Crippen LogP contribution in [0.25, 0.3) is 0 Å². The van der Waals surface area contributed by atoms with E-state index in [1.807, 2.05) is 12.2 Å². The molecule has 2 rings (SSSR count). The summed E-state index contributed by atoms with van der Waals surface area (Å²) in [5.41, 5.74) is 0. The lowest BCUT2D eigenvalue weighted by Crippen LogP contribution is -2.25. The van der Waals surface area contributed by atoms with Crippen LogP contribution >= 0.6 is 0 Å². The second-order valence-electron chi connectivity index (χ2n) is 3.27. The summed E-state index contributed by atoms with van der Waals surface area (Å²) < 4.78 is 0. The van der Waals surface area contributed by atoms with E-state index in [2.05, 4.69) is 0 Å². The summed E-state index contributed by atoms with van der Waals surface area (Å²) in [6.07, 6.45) is 6.60. The predicted molar refractivity (Wildman–Crippen MR) is 42.8 cm³/mol. The second-order valence-corrected chi connectivity index (χ2v) is 3.27. The van der Waals surface area contributed by atoms with Crippen LogP contribution in [0.3, 0.4) is 0 Å². The number of nitrogens with zero attached hydrogens (tertiary/aromatic N) is 2. The van der Waals surface area contributed by atoms with Crippen molar-refractivity contribution in [3.05, 3.63) is 12.2 Å². The molecule has 2 aliphatic rings. The van der Waals surface area contributed by atoms with E-state index in [-0.39, 0.29) is 23.7 Å². The van der Waals surface area contributed by atoms with Crippen molar-refractivity contribution in [2.45, 2.75) is 12.8 Å². The molecule has 0 aromatic heterocycles. The van der Waals surface area contributed by atoms with E-state index in [4.69, 9.17) is 5.26 Å². The zero-order valence-electron chi connectivity index (χ0n) is 6.93. The molecule has 1 aliphatic carbocycles. The van der Waals surface area contributed by atoms with Gasteiger partial charge in [0.1, 0.15) is 0 Å². The summed E-state index contributed by atoms with van der Waals surface area (Å²) in [4.78, 5) is 23.6. The molecule has 0 saturated carbocycles. The molecule has 0 bridgehead atoms. The Hall–Kier alpha value is -1.63. The van der Waals surface area contributed by atoms with Crippen molar-refractivity contribution in [2.24, 2.45) is 11.8 Å². The van der Waals surface area contributed by atoms with Gasteiger partial charge < -0.3 is 0 Å². The Morgan fingerprint density at radius 2 is 1.69 bits per heavy atom. The van der Waals surface area contributed by atoms with Crippen LogP contribution < -0.4 is 0 Å². The second kappa shape index (κ2) is 2.70. The first-order chi connectivity index (χ1) is 6.25. The molecule has 0 radical (unpaired) electrons. The van der Waals surface area contributed by atoms with E-state index in [9.17, 15) is 9.59 Å². The van der Waals surface area contributed by atoms with E-state index < -0.39 is 0 Å². The molecule has 4 heteroatoms. The molecule has 1 heterocycles. The minimum absolute atomic E-state index is 0.280. The number of amides is 2. The number of hydrogen-bond acceptors (Lipinski definition) is 3. The molecule has 0 aromatic rings. The fraction of sp³-hybridized carbons (Fsp3) is 0.444. The van der Waals surface area contributed by atoms with E-state index >= 15 is 0 Å². The first-order valence-electron chi connectivity index (χ1n) is 4.18. The van der Waals surface area contributed by atoms with Crippen molar-refractivity contribution in [2.75, 3.05) is 0 Å². The third-order valence-corrected chi connectivity index (χ3v) is 2.61. The lowest BCUT2D eigenvalue weighted by atomic mass is 9.85. The Kier molecular flexibility index (Phi) is 1.66. The van der Waals surface area contributed by atoms with Crippen LogP contribution in [0.2, 0.25) is 0 Å². The molecule has 0 aromatic carbocycles. The lowest BCUT2D eigenvalue weighted by molar-refractivity contribution is -0.135. The first-order valence-corrected chi connectivity index (χ1v) is 4.18. The average Bonchev–Trinajstić information content (AvgIpc) is 2.41. The van der Waals surface area contributed by atoms with Crippen LogP contribution in [0.4, 0.5) is 0 Å². The van der Waals surface area contributed by atoms with Gasteiger partial charge in [-0.05, 0) is 12.8 Å². The minimum Gasteiger partial charge on any atom is -0.273 e. The molecule has 4 nitrogen and oxygen atoms in total.